The molecule has 158 valence electrons. The lowest BCUT2D eigenvalue weighted by Crippen LogP contribution is -2.04. The van der Waals surface area contributed by atoms with Crippen LogP contribution in [-0.4, -0.2) is 37.5 Å². The maximum Gasteiger partial charge on any atom is 0.336 e. The number of aryl methyl sites for hydroxylation is 2. The number of benzene rings is 3. The van der Waals surface area contributed by atoms with Crippen molar-refractivity contribution in [2.75, 3.05) is 0 Å². The second-order valence-electron chi connectivity index (χ2n) is 7.63. The molecule has 0 aliphatic heterocycles. The number of hydrogen-bond acceptors (Lipinski definition) is 5. The van der Waals surface area contributed by atoms with E-state index < -0.39 is 5.97 Å². The number of imidazole rings is 2. The second kappa shape index (κ2) is 7.35. The van der Waals surface area contributed by atoms with Gasteiger partial charge in [-0.3, -0.25) is 4.79 Å². The highest BCUT2D eigenvalue weighted by atomic mass is 16.5. The smallest absolute Gasteiger partial charge is 0.336 e. The molecule has 8 nitrogen and oxygen atoms in total. The summed E-state index contributed by atoms with van der Waals surface area (Å²) in [5.74, 6) is -0.197. The molecule has 8 heteroatoms. The van der Waals surface area contributed by atoms with Crippen LogP contribution in [0.4, 0.5) is 0 Å². The molecule has 5 aromatic rings. The lowest BCUT2D eigenvalue weighted by Gasteiger charge is -2.10. The van der Waals surface area contributed by atoms with Crippen LogP contribution in [0.2, 0.25) is 0 Å². The Balaban J connectivity index is 1.73. The molecule has 0 radical (unpaired) electrons. The van der Waals surface area contributed by atoms with E-state index in [1.165, 1.54) is 12.1 Å². The third kappa shape index (κ3) is 3.27. The fourth-order valence-electron chi connectivity index (χ4n) is 3.79. The number of nitrogens with zero attached hydrogens (tertiary/aromatic N) is 2. The number of rotatable bonds is 5. The number of carbonyl (C=O) groups is 2. The summed E-state index contributed by atoms with van der Waals surface area (Å²) < 4.78 is 5.23. The quantitative estimate of drug-likeness (QED) is 0.353. The number of aromatic nitrogens is 4. The second-order valence-corrected chi connectivity index (χ2v) is 7.63. The van der Waals surface area contributed by atoms with Crippen LogP contribution in [0.5, 0.6) is 5.75 Å². The van der Waals surface area contributed by atoms with Crippen LogP contribution in [0.3, 0.4) is 0 Å². The van der Waals surface area contributed by atoms with Gasteiger partial charge >= 0.3 is 5.97 Å². The highest BCUT2D eigenvalue weighted by Gasteiger charge is 2.22. The van der Waals surface area contributed by atoms with E-state index in [1.807, 2.05) is 50.2 Å². The Morgan fingerprint density at radius 1 is 0.875 bits per heavy atom. The van der Waals surface area contributed by atoms with Gasteiger partial charge in [-0.25, -0.2) is 14.8 Å². The molecule has 0 amide bonds. The highest BCUT2D eigenvalue weighted by molar-refractivity contribution is 5.99. The molecule has 0 aliphatic carbocycles. The molecule has 0 atom stereocenters. The predicted molar refractivity (Wildman–Crippen MR) is 120 cm³/mol. The molecule has 5 rings (SSSR count). The standard InChI is InChI=1S/C24H18N4O4/c1-12-3-5-17-19(7-12)27-22(25-17)14-10-21(32-11-29)16(9-15(14)24(30)31)23-26-18-6-4-13(2)8-20(18)28-23/h3-11H,1-2H3,(H,25,27)(H,26,28)(H,30,31). The minimum Gasteiger partial charge on any atom is -0.478 e. The van der Waals surface area contributed by atoms with Gasteiger partial charge in [0.1, 0.15) is 17.4 Å². The largest absolute Gasteiger partial charge is 0.478 e. The van der Waals surface area contributed by atoms with Crippen molar-refractivity contribution < 1.29 is 19.4 Å². The summed E-state index contributed by atoms with van der Waals surface area (Å²) in [6, 6.07) is 14.4. The van der Waals surface area contributed by atoms with Gasteiger partial charge in [-0.2, -0.15) is 0 Å². The Labute approximate surface area is 181 Å². The zero-order valence-electron chi connectivity index (χ0n) is 17.3. The van der Waals surface area contributed by atoms with Crippen LogP contribution in [0.1, 0.15) is 21.5 Å². The molecule has 0 bridgehead atoms. The molecular formula is C24H18N4O4. The molecule has 3 N–H and O–H groups in total. The van der Waals surface area contributed by atoms with Crippen LogP contribution in [0.25, 0.3) is 44.8 Å². The Morgan fingerprint density at radius 2 is 1.44 bits per heavy atom. The summed E-state index contributed by atoms with van der Waals surface area (Å²) in [6.07, 6.45) is 0. The van der Waals surface area contributed by atoms with E-state index in [-0.39, 0.29) is 11.3 Å². The number of carboxylic acids is 1. The molecule has 2 aromatic heterocycles. The number of fused-ring (bicyclic) bond motifs is 2. The van der Waals surface area contributed by atoms with E-state index in [4.69, 9.17) is 4.74 Å². The minimum atomic E-state index is -1.14. The third-order valence-corrected chi connectivity index (χ3v) is 5.31. The van der Waals surface area contributed by atoms with Crippen molar-refractivity contribution in [3.63, 3.8) is 0 Å². The fourth-order valence-corrected chi connectivity index (χ4v) is 3.79. The van der Waals surface area contributed by atoms with E-state index in [2.05, 4.69) is 19.9 Å². The van der Waals surface area contributed by atoms with Gasteiger partial charge in [0.25, 0.3) is 6.47 Å². The van der Waals surface area contributed by atoms with Crippen molar-refractivity contribution in [3.05, 3.63) is 65.2 Å². The van der Waals surface area contributed by atoms with Crippen LogP contribution in [0, 0.1) is 13.8 Å². The van der Waals surface area contributed by atoms with Crippen molar-refractivity contribution in [3.8, 4) is 28.5 Å². The van der Waals surface area contributed by atoms with Gasteiger partial charge in [-0.1, -0.05) is 12.1 Å². The van der Waals surface area contributed by atoms with Crippen LogP contribution in [-0.2, 0) is 4.79 Å². The monoisotopic (exact) mass is 426 g/mol. The van der Waals surface area contributed by atoms with E-state index in [9.17, 15) is 14.7 Å². The molecule has 0 unspecified atom stereocenters. The van der Waals surface area contributed by atoms with Crippen LogP contribution in [0.15, 0.2) is 48.5 Å². The van der Waals surface area contributed by atoms with Gasteiger partial charge in [0.05, 0.1) is 33.2 Å². The van der Waals surface area contributed by atoms with E-state index in [1.54, 1.807) is 0 Å². The molecule has 0 saturated carbocycles. The van der Waals surface area contributed by atoms with Crippen molar-refractivity contribution in [2.24, 2.45) is 0 Å². The van der Waals surface area contributed by atoms with Gasteiger partial charge in [-0.05, 0) is 61.4 Å². The first kappa shape index (κ1) is 19.5. The average Bonchev–Trinajstić information content (AvgIpc) is 3.36. The zero-order chi connectivity index (χ0) is 22.4. The number of aromatic carboxylic acids is 1. The molecule has 0 spiro atoms. The maximum absolute atomic E-state index is 12.2. The summed E-state index contributed by atoms with van der Waals surface area (Å²) in [7, 11) is 0. The zero-order valence-corrected chi connectivity index (χ0v) is 17.3. The average molecular weight is 426 g/mol. The highest BCUT2D eigenvalue weighted by Crippen LogP contribution is 2.36. The first-order valence-electron chi connectivity index (χ1n) is 9.88. The molecule has 2 heterocycles. The predicted octanol–water partition coefficient (Wildman–Crippen LogP) is 4.62. The van der Waals surface area contributed by atoms with Crippen molar-refractivity contribution in [1.82, 2.24) is 19.9 Å². The van der Waals surface area contributed by atoms with Gasteiger partial charge in [0, 0.05) is 5.56 Å². The lowest BCUT2D eigenvalue weighted by molar-refractivity contribution is -0.120. The van der Waals surface area contributed by atoms with Crippen LogP contribution >= 0.6 is 0 Å². The molecule has 3 aromatic carbocycles. The number of hydrogen-bond donors (Lipinski definition) is 3. The Kier molecular flexibility index (Phi) is 4.48. The first-order chi connectivity index (χ1) is 15.4. The fraction of sp³-hybridized carbons (Fsp3) is 0.0833. The Morgan fingerprint density at radius 3 is 1.97 bits per heavy atom. The van der Waals surface area contributed by atoms with E-state index >= 15 is 0 Å². The van der Waals surface area contributed by atoms with Crippen molar-refractivity contribution in [1.29, 1.82) is 0 Å². The van der Waals surface area contributed by atoms with Gasteiger partial charge in [0.2, 0.25) is 0 Å². The first-order valence-corrected chi connectivity index (χ1v) is 9.88. The number of carboxylic acid groups (broad SMARTS) is 1. The van der Waals surface area contributed by atoms with Gasteiger partial charge in [0.15, 0.2) is 0 Å². The molecule has 0 saturated heterocycles. The molecule has 0 aliphatic rings. The third-order valence-electron chi connectivity index (χ3n) is 5.31. The summed E-state index contributed by atoms with van der Waals surface area (Å²) in [5, 5.41) is 9.93. The number of carbonyl (C=O) groups excluding carboxylic acids is 1. The molecule has 0 fully saturated rings. The molecule has 32 heavy (non-hydrogen) atoms. The van der Waals surface area contributed by atoms with Crippen molar-refractivity contribution >= 4 is 34.5 Å². The van der Waals surface area contributed by atoms with Gasteiger partial charge < -0.3 is 19.8 Å². The van der Waals surface area contributed by atoms with Gasteiger partial charge in [-0.15, -0.1) is 0 Å². The summed E-state index contributed by atoms with van der Waals surface area (Å²) in [5.41, 5.74) is 5.78. The number of H-pyrrole nitrogens is 2. The SMILES string of the molecule is Cc1ccc2nc(-c3cc(C(=O)O)c(-c4nc5ccc(C)cc5[nH]4)cc3OC=O)[nH]c2c1. The summed E-state index contributed by atoms with van der Waals surface area (Å²) in [6.45, 7) is 4.23. The number of nitrogens with one attached hydrogen (secondary N) is 2. The number of aromatic amines is 2. The van der Waals surface area contributed by atoms with E-state index in [0.717, 1.165) is 27.7 Å². The topological polar surface area (TPSA) is 121 Å². The van der Waals surface area contributed by atoms with Crippen LogP contribution < -0.4 is 4.74 Å². The Bertz CT molecular complexity index is 1530. The maximum atomic E-state index is 12.2. The number of ether oxygens (including phenoxy) is 1. The Hall–Kier alpha value is -4.46. The summed E-state index contributed by atoms with van der Waals surface area (Å²) >= 11 is 0. The minimum absolute atomic E-state index is 0.00524. The molecular weight excluding hydrogens is 408 g/mol. The lowest BCUT2D eigenvalue weighted by atomic mass is 10.0. The van der Waals surface area contributed by atoms with E-state index in [0.29, 0.717) is 34.8 Å². The summed E-state index contributed by atoms with van der Waals surface area (Å²) in [4.78, 5) is 38.8. The van der Waals surface area contributed by atoms with Crippen molar-refractivity contribution in [2.45, 2.75) is 13.8 Å². The normalized spacial score (nSPS) is 11.2.